The molecule has 2 rings (SSSR count). The smallest absolute Gasteiger partial charge is 0.0955 e. The maximum absolute atomic E-state index is 5.74. The lowest BCUT2D eigenvalue weighted by atomic mass is 10.1. The molecule has 0 radical (unpaired) electrons. The van der Waals surface area contributed by atoms with E-state index in [1.54, 1.807) is 12.5 Å². The van der Waals surface area contributed by atoms with Crippen molar-refractivity contribution in [1.29, 1.82) is 0 Å². The summed E-state index contributed by atoms with van der Waals surface area (Å²) in [6, 6.07) is 9.94. The first-order valence-electron chi connectivity index (χ1n) is 5.04. The molecule has 0 aliphatic rings. The van der Waals surface area contributed by atoms with Crippen LogP contribution < -0.4 is 11.1 Å². The molecular weight excluding hydrogens is 268 g/mol. The SMILES string of the molecule is NCC(Nc1ccccc1Br)c1ccoc1. The summed E-state index contributed by atoms with van der Waals surface area (Å²) in [4.78, 5) is 0. The Morgan fingerprint density at radius 1 is 1.31 bits per heavy atom. The summed E-state index contributed by atoms with van der Waals surface area (Å²) in [5.41, 5.74) is 7.82. The zero-order valence-corrected chi connectivity index (χ0v) is 10.3. The predicted molar refractivity (Wildman–Crippen MR) is 68.3 cm³/mol. The highest BCUT2D eigenvalue weighted by atomic mass is 79.9. The highest BCUT2D eigenvalue weighted by molar-refractivity contribution is 9.10. The lowest BCUT2D eigenvalue weighted by molar-refractivity contribution is 0.561. The van der Waals surface area contributed by atoms with Crippen molar-refractivity contribution in [3.05, 3.63) is 52.9 Å². The number of hydrogen-bond acceptors (Lipinski definition) is 3. The monoisotopic (exact) mass is 280 g/mol. The summed E-state index contributed by atoms with van der Waals surface area (Å²) >= 11 is 3.49. The number of nitrogens with two attached hydrogens (primary N) is 1. The molecule has 4 heteroatoms. The molecule has 16 heavy (non-hydrogen) atoms. The summed E-state index contributed by atoms with van der Waals surface area (Å²) in [7, 11) is 0. The largest absolute Gasteiger partial charge is 0.472 e. The van der Waals surface area contributed by atoms with Crippen LogP contribution in [0.1, 0.15) is 11.6 Å². The van der Waals surface area contributed by atoms with Crippen molar-refractivity contribution < 1.29 is 4.42 Å². The third-order valence-electron chi connectivity index (χ3n) is 2.38. The highest BCUT2D eigenvalue weighted by Gasteiger charge is 2.11. The van der Waals surface area contributed by atoms with Crippen LogP contribution in [0.3, 0.4) is 0 Å². The Kier molecular flexibility index (Phi) is 3.64. The van der Waals surface area contributed by atoms with Crippen LogP contribution >= 0.6 is 15.9 Å². The number of anilines is 1. The van der Waals surface area contributed by atoms with Gasteiger partial charge in [-0.15, -0.1) is 0 Å². The molecule has 1 heterocycles. The summed E-state index contributed by atoms with van der Waals surface area (Å²) in [6.45, 7) is 0.515. The number of benzene rings is 1. The van der Waals surface area contributed by atoms with Crippen molar-refractivity contribution in [3.63, 3.8) is 0 Å². The average Bonchev–Trinajstić information content (AvgIpc) is 2.81. The first-order valence-corrected chi connectivity index (χ1v) is 5.84. The number of furan rings is 1. The van der Waals surface area contributed by atoms with Crippen molar-refractivity contribution >= 4 is 21.6 Å². The van der Waals surface area contributed by atoms with Gasteiger partial charge in [0.2, 0.25) is 0 Å². The second kappa shape index (κ2) is 5.18. The molecule has 1 aromatic carbocycles. The Balaban J connectivity index is 2.17. The molecule has 0 saturated heterocycles. The van der Waals surface area contributed by atoms with Crippen molar-refractivity contribution in [2.24, 2.45) is 5.73 Å². The van der Waals surface area contributed by atoms with E-state index < -0.39 is 0 Å². The number of nitrogens with one attached hydrogen (secondary N) is 1. The second-order valence-electron chi connectivity index (χ2n) is 3.47. The molecule has 2 aromatic rings. The molecule has 0 aliphatic heterocycles. The third-order valence-corrected chi connectivity index (χ3v) is 3.08. The molecule has 84 valence electrons. The molecule has 0 spiro atoms. The Morgan fingerprint density at radius 3 is 2.75 bits per heavy atom. The molecule has 0 bridgehead atoms. The maximum Gasteiger partial charge on any atom is 0.0955 e. The van der Waals surface area contributed by atoms with E-state index in [1.807, 2.05) is 30.3 Å². The molecule has 3 N–H and O–H groups in total. The Morgan fingerprint density at radius 2 is 2.12 bits per heavy atom. The fourth-order valence-electron chi connectivity index (χ4n) is 1.52. The van der Waals surface area contributed by atoms with Crippen LogP contribution in [-0.2, 0) is 0 Å². The normalized spacial score (nSPS) is 12.4. The van der Waals surface area contributed by atoms with Gasteiger partial charge in [0, 0.05) is 22.3 Å². The van der Waals surface area contributed by atoms with Crippen LogP contribution in [0.15, 0.2) is 51.7 Å². The maximum atomic E-state index is 5.74. The number of rotatable bonds is 4. The van der Waals surface area contributed by atoms with E-state index in [2.05, 4.69) is 21.2 Å². The molecule has 0 amide bonds. The van der Waals surface area contributed by atoms with Crippen LogP contribution in [0.5, 0.6) is 0 Å². The van der Waals surface area contributed by atoms with E-state index in [1.165, 1.54) is 0 Å². The van der Waals surface area contributed by atoms with E-state index in [0.717, 1.165) is 15.7 Å². The molecule has 1 atom stereocenters. The molecule has 1 aromatic heterocycles. The number of halogens is 1. The predicted octanol–water partition coefficient (Wildman–Crippen LogP) is 3.15. The molecule has 1 unspecified atom stereocenters. The van der Waals surface area contributed by atoms with Crippen LogP contribution in [0.2, 0.25) is 0 Å². The van der Waals surface area contributed by atoms with Crippen molar-refractivity contribution in [2.75, 3.05) is 11.9 Å². The van der Waals surface area contributed by atoms with Crippen molar-refractivity contribution in [1.82, 2.24) is 0 Å². The van der Waals surface area contributed by atoms with E-state index in [-0.39, 0.29) is 6.04 Å². The number of para-hydroxylation sites is 1. The van der Waals surface area contributed by atoms with Crippen LogP contribution in [-0.4, -0.2) is 6.54 Å². The van der Waals surface area contributed by atoms with Crippen molar-refractivity contribution in [3.8, 4) is 0 Å². The molecule has 0 fully saturated rings. The molecule has 0 aliphatic carbocycles. The highest BCUT2D eigenvalue weighted by Crippen LogP contribution is 2.25. The minimum absolute atomic E-state index is 0.0671. The van der Waals surface area contributed by atoms with E-state index in [0.29, 0.717) is 6.54 Å². The van der Waals surface area contributed by atoms with Gasteiger partial charge in [-0.3, -0.25) is 0 Å². The average molecular weight is 281 g/mol. The van der Waals surface area contributed by atoms with Gasteiger partial charge < -0.3 is 15.5 Å². The van der Waals surface area contributed by atoms with E-state index in [4.69, 9.17) is 10.2 Å². The van der Waals surface area contributed by atoms with Gasteiger partial charge in [0.25, 0.3) is 0 Å². The van der Waals surface area contributed by atoms with E-state index >= 15 is 0 Å². The molecule has 0 saturated carbocycles. The zero-order chi connectivity index (χ0) is 11.4. The molecule has 3 nitrogen and oxygen atoms in total. The van der Waals surface area contributed by atoms with Gasteiger partial charge in [-0.2, -0.15) is 0 Å². The summed E-state index contributed by atoms with van der Waals surface area (Å²) in [6.07, 6.45) is 3.36. The summed E-state index contributed by atoms with van der Waals surface area (Å²) < 4.78 is 6.08. The summed E-state index contributed by atoms with van der Waals surface area (Å²) in [5.74, 6) is 0. The summed E-state index contributed by atoms with van der Waals surface area (Å²) in [5, 5.41) is 3.37. The quantitative estimate of drug-likeness (QED) is 0.905. The lowest BCUT2D eigenvalue weighted by Crippen LogP contribution is -2.20. The standard InChI is InChI=1S/C12H13BrN2O/c13-10-3-1-2-4-11(10)15-12(7-14)9-5-6-16-8-9/h1-6,8,12,15H,7,14H2. The van der Waals surface area contributed by atoms with Gasteiger partial charge in [0.1, 0.15) is 0 Å². The van der Waals surface area contributed by atoms with Gasteiger partial charge in [-0.25, -0.2) is 0 Å². The van der Waals surface area contributed by atoms with E-state index in [9.17, 15) is 0 Å². The lowest BCUT2D eigenvalue weighted by Gasteiger charge is -2.17. The van der Waals surface area contributed by atoms with Gasteiger partial charge in [-0.05, 0) is 34.1 Å². The first-order chi connectivity index (χ1) is 7.81. The van der Waals surface area contributed by atoms with Gasteiger partial charge in [0.15, 0.2) is 0 Å². The Hall–Kier alpha value is -1.26. The van der Waals surface area contributed by atoms with Crippen LogP contribution in [0.4, 0.5) is 5.69 Å². The minimum Gasteiger partial charge on any atom is -0.472 e. The fourth-order valence-corrected chi connectivity index (χ4v) is 1.92. The van der Waals surface area contributed by atoms with Gasteiger partial charge >= 0.3 is 0 Å². The third kappa shape index (κ3) is 2.46. The van der Waals surface area contributed by atoms with Crippen molar-refractivity contribution in [2.45, 2.75) is 6.04 Å². The van der Waals surface area contributed by atoms with Gasteiger partial charge in [-0.1, -0.05) is 12.1 Å². The Labute approximate surface area is 103 Å². The topological polar surface area (TPSA) is 51.2 Å². The number of hydrogen-bond donors (Lipinski definition) is 2. The Bertz CT molecular complexity index is 442. The second-order valence-corrected chi connectivity index (χ2v) is 4.32. The van der Waals surface area contributed by atoms with Crippen LogP contribution in [0.25, 0.3) is 0 Å². The fraction of sp³-hybridized carbons (Fsp3) is 0.167. The minimum atomic E-state index is 0.0671. The van der Waals surface area contributed by atoms with Crippen LogP contribution in [0, 0.1) is 0 Å². The zero-order valence-electron chi connectivity index (χ0n) is 8.69. The first kappa shape index (κ1) is 11.2. The molecular formula is C12H13BrN2O. The van der Waals surface area contributed by atoms with Gasteiger partial charge in [0.05, 0.1) is 18.6 Å².